The number of nitrogens with zero attached hydrogens (tertiary/aromatic N) is 4. The van der Waals surface area contributed by atoms with Gasteiger partial charge in [0.1, 0.15) is 23.1 Å². The molecule has 0 aromatic carbocycles. The molecule has 3 rings (SSSR count). The van der Waals surface area contributed by atoms with Gasteiger partial charge in [0.15, 0.2) is 0 Å². The third-order valence-corrected chi connectivity index (χ3v) is 4.62. The predicted molar refractivity (Wildman–Crippen MR) is 108 cm³/mol. The average Bonchev–Trinajstić information content (AvgIpc) is 2.74. The third-order valence-electron chi connectivity index (χ3n) is 4.62. The number of ether oxygens (including phenoxy) is 2. The number of amides is 1. The average molecular weight is 397 g/mol. The highest BCUT2D eigenvalue weighted by Gasteiger charge is 2.21. The second-order valence-corrected chi connectivity index (χ2v) is 6.56. The maximum atomic E-state index is 13.2. The van der Waals surface area contributed by atoms with Crippen molar-refractivity contribution in [3.05, 3.63) is 45.4 Å². The number of aromatic nitrogens is 2. The van der Waals surface area contributed by atoms with Crippen LogP contribution in [0.3, 0.4) is 0 Å². The summed E-state index contributed by atoms with van der Waals surface area (Å²) in [5.74, 6) is -0.115. The molecule has 9 nitrogen and oxygen atoms in total. The minimum Gasteiger partial charge on any atom is -0.383 e. The molecule has 2 aromatic rings. The van der Waals surface area contributed by atoms with E-state index in [0.717, 1.165) is 5.56 Å². The van der Waals surface area contributed by atoms with Crippen LogP contribution in [0, 0.1) is 18.3 Å². The van der Waals surface area contributed by atoms with Gasteiger partial charge in [-0.25, -0.2) is 4.98 Å². The smallest absolute Gasteiger partial charge is 0.267 e. The molecule has 1 N–H and O–H groups in total. The Hall–Kier alpha value is -3.22. The molecule has 0 radical (unpaired) electrons. The lowest BCUT2D eigenvalue weighted by Crippen LogP contribution is -2.39. The molecule has 0 aliphatic carbocycles. The van der Waals surface area contributed by atoms with Crippen molar-refractivity contribution in [1.29, 1.82) is 5.26 Å². The monoisotopic (exact) mass is 397 g/mol. The van der Waals surface area contributed by atoms with Crippen LogP contribution < -0.4 is 15.8 Å². The van der Waals surface area contributed by atoms with Gasteiger partial charge in [0, 0.05) is 32.9 Å². The summed E-state index contributed by atoms with van der Waals surface area (Å²) in [4.78, 5) is 32.2. The molecule has 0 saturated carbocycles. The van der Waals surface area contributed by atoms with E-state index in [0.29, 0.717) is 44.4 Å². The lowest BCUT2D eigenvalue weighted by Gasteiger charge is -2.29. The highest BCUT2D eigenvalue weighted by molar-refractivity contribution is 6.02. The van der Waals surface area contributed by atoms with Gasteiger partial charge in [0.2, 0.25) is 0 Å². The number of aryl methyl sites for hydroxylation is 1. The topological polar surface area (TPSA) is 109 Å². The van der Waals surface area contributed by atoms with Crippen LogP contribution in [0.2, 0.25) is 0 Å². The minimum absolute atomic E-state index is 0.165. The normalized spacial score (nSPS) is 14.7. The van der Waals surface area contributed by atoms with Crippen molar-refractivity contribution in [3.63, 3.8) is 0 Å². The number of methoxy groups -OCH3 is 1. The molecule has 0 spiro atoms. The molecule has 0 unspecified atom stereocenters. The number of carbonyl (C=O) groups is 1. The second kappa shape index (κ2) is 9.32. The minimum atomic E-state index is -0.564. The Labute approximate surface area is 168 Å². The summed E-state index contributed by atoms with van der Waals surface area (Å²) in [5, 5.41) is 12.1. The molecule has 9 heteroatoms. The number of fused-ring (bicyclic) bond motifs is 1. The first kappa shape index (κ1) is 20.5. The molecule has 1 saturated heterocycles. The first-order valence-corrected chi connectivity index (χ1v) is 9.30. The Bertz CT molecular complexity index is 1030. The largest absolute Gasteiger partial charge is 0.383 e. The van der Waals surface area contributed by atoms with Crippen LogP contribution >= 0.6 is 0 Å². The molecule has 0 bridgehead atoms. The zero-order valence-corrected chi connectivity index (χ0v) is 16.5. The van der Waals surface area contributed by atoms with Crippen LogP contribution in [-0.4, -0.2) is 61.9 Å². The standard InChI is InChI=1S/C20H23N5O4/c1-14-4-3-6-25-17(14)23-18(24-7-10-29-11-8-24)16(20(25)27)12-15(13-21)19(26)22-5-9-28-2/h3-4,6,12H,5,7-11H2,1-2H3,(H,22,26)/b15-12-. The number of nitriles is 1. The Morgan fingerprint density at radius 2 is 2.21 bits per heavy atom. The zero-order chi connectivity index (χ0) is 20.8. The Morgan fingerprint density at radius 1 is 1.45 bits per heavy atom. The van der Waals surface area contributed by atoms with Crippen LogP contribution in [0.1, 0.15) is 11.1 Å². The molecule has 1 aliphatic heterocycles. The van der Waals surface area contributed by atoms with E-state index in [1.54, 1.807) is 12.3 Å². The zero-order valence-electron chi connectivity index (χ0n) is 16.5. The van der Waals surface area contributed by atoms with Gasteiger partial charge in [-0.05, 0) is 24.6 Å². The van der Waals surface area contributed by atoms with Gasteiger partial charge in [0.05, 0.1) is 25.4 Å². The summed E-state index contributed by atoms with van der Waals surface area (Å²) >= 11 is 0. The summed E-state index contributed by atoms with van der Waals surface area (Å²) in [6, 6.07) is 5.52. The number of carbonyl (C=O) groups excluding carboxylic acids is 1. The van der Waals surface area contributed by atoms with Crippen molar-refractivity contribution in [2.45, 2.75) is 6.92 Å². The van der Waals surface area contributed by atoms with Crippen LogP contribution in [0.4, 0.5) is 5.82 Å². The Morgan fingerprint density at radius 3 is 2.90 bits per heavy atom. The molecule has 2 aromatic heterocycles. The van der Waals surface area contributed by atoms with Gasteiger partial charge < -0.3 is 19.7 Å². The molecule has 1 amide bonds. The summed E-state index contributed by atoms with van der Waals surface area (Å²) in [6.07, 6.45) is 2.94. The SMILES string of the molecule is COCCNC(=O)/C(C#N)=C\c1c(N2CCOCC2)nc2c(C)cccn2c1=O. The summed E-state index contributed by atoms with van der Waals surface area (Å²) in [5.41, 5.74) is 1.10. The molecular formula is C20H23N5O4. The predicted octanol–water partition coefficient (Wildman–Crippen LogP) is 0.509. The van der Waals surface area contributed by atoms with Crippen molar-refractivity contribution in [2.75, 3.05) is 51.5 Å². The molecule has 29 heavy (non-hydrogen) atoms. The van der Waals surface area contributed by atoms with E-state index < -0.39 is 5.91 Å². The van der Waals surface area contributed by atoms with Gasteiger partial charge in [-0.1, -0.05) is 6.07 Å². The van der Waals surface area contributed by atoms with E-state index in [1.807, 2.05) is 24.0 Å². The molecule has 3 heterocycles. The molecular weight excluding hydrogens is 374 g/mol. The van der Waals surface area contributed by atoms with Gasteiger partial charge >= 0.3 is 0 Å². The molecule has 1 aliphatic rings. The van der Waals surface area contributed by atoms with Crippen LogP contribution in [-0.2, 0) is 14.3 Å². The van der Waals surface area contributed by atoms with E-state index >= 15 is 0 Å². The lowest BCUT2D eigenvalue weighted by atomic mass is 10.1. The van der Waals surface area contributed by atoms with Crippen LogP contribution in [0.25, 0.3) is 11.7 Å². The Kier molecular flexibility index (Phi) is 6.59. The lowest BCUT2D eigenvalue weighted by molar-refractivity contribution is -0.117. The first-order chi connectivity index (χ1) is 14.1. The maximum absolute atomic E-state index is 13.2. The van der Waals surface area contributed by atoms with Crippen LogP contribution in [0.15, 0.2) is 28.7 Å². The number of anilines is 1. The number of hydrogen-bond acceptors (Lipinski definition) is 7. The third kappa shape index (κ3) is 4.45. The molecule has 0 atom stereocenters. The summed E-state index contributed by atoms with van der Waals surface area (Å²) < 4.78 is 11.7. The van der Waals surface area contributed by atoms with Gasteiger partial charge in [0.25, 0.3) is 11.5 Å². The van der Waals surface area contributed by atoms with E-state index in [4.69, 9.17) is 14.5 Å². The van der Waals surface area contributed by atoms with Crippen molar-refractivity contribution < 1.29 is 14.3 Å². The van der Waals surface area contributed by atoms with Gasteiger partial charge in [-0.3, -0.25) is 14.0 Å². The van der Waals surface area contributed by atoms with E-state index in [9.17, 15) is 14.9 Å². The number of nitrogens with one attached hydrogen (secondary N) is 1. The van der Waals surface area contributed by atoms with Gasteiger partial charge in [-0.2, -0.15) is 5.26 Å². The van der Waals surface area contributed by atoms with Crippen molar-refractivity contribution in [1.82, 2.24) is 14.7 Å². The number of rotatable bonds is 6. The van der Waals surface area contributed by atoms with E-state index in [1.165, 1.54) is 17.6 Å². The fourth-order valence-corrected chi connectivity index (χ4v) is 3.10. The van der Waals surface area contributed by atoms with Crippen molar-refractivity contribution in [2.24, 2.45) is 0 Å². The van der Waals surface area contributed by atoms with Crippen LogP contribution in [0.5, 0.6) is 0 Å². The summed E-state index contributed by atoms with van der Waals surface area (Å²) in [7, 11) is 1.52. The second-order valence-electron chi connectivity index (χ2n) is 6.56. The van der Waals surface area contributed by atoms with E-state index in [-0.39, 0.29) is 23.2 Å². The molecule has 1 fully saturated rings. The van der Waals surface area contributed by atoms with Crippen molar-refractivity contribution >= 4 is 23.4 Å². The highest BCUT2D eigenvalue weighted by atomic mass is 16.5. The fourth-order valence-electron chi connectivity index (χ4n) is 3.10. The van der Waals surface area contributed by atoms with Gasteiger partial charge in [-0.15, -0.1) is 0 Å². The maximum Gasteiger partial charge on any atom is 0.267 e. The Balaban J connectivity index is 2.13. The van der Waals surface area contributed by atoms with Crippen molar-refractivity contribution in [3.8, 4) is 6.07 Å². The quantitative estimate of drug-likeness (QED) is 0.430. The highest BCUT2D eigenvalue weighted by Crippen LogP contribution is 2.21. The number of hydrogen-bond donors (Lipinski definition) is 1. The first-order valence-electron chi connectivity index (χ1n) is 9.30. The fraction of sp³-hybridized carbons (Fsp3) is 0.400. The van der Waals surface area contributed by atoms with E-state index in [2.05, 4.69) is 5.32 Å². The molecule has 152 valence electrons. The number of pyridine rings is 1. The number of morpholine rings is 1. The summed E-state index contributed by atoms with van der Waals surface area (Å²) in [6.45, 7) is 4.63.